The molecule has 23 heavy (non-hydrogen) atoms. The lowest BCUT2D eigenvalue weighted by molar-refractivity contribution is -0.0512. The Labute approximate surface area is 138 Å². The first kappa shape index (κ1) is 17.7. The number of benzene rings is 1. The highest BCUT2D eigenvalue weighted by atomic mass is 32.2. The van der Waals surface area contributed by atoms with Crippen molar-refractivity contribution in [3.05, 3.63) is 23.8 Å². The number of thioether (sulfide) groups is 1. The summed E-state index contributed by atoms with van der Waals surface area (Å²) in [6.07, 6.45) is 0.590. The van der Waals surface area contributed by atoms with E-state index >= 15 is 0 Å². The van der Waals surface area contributed by atoms with Crippen LogP contribution in [0, 0.1) is 0 Å². The fourth-order valence-corrected chi connectivity index (χ4v) is 3.16. The molecule has 0 aromatic heterocycles. The lowest BCUT2D eigenvalue weighted by Gasteiger charge is -2.27. The molecule has 0 saturated carbocycles. The minimum Gasteiger partial charge on any atom is -0.493 e. The molecule has 8 heteroatoms. The number of ether oxygens (including phenoxy) is 2. The van der Waals surface area contributed by atoms with Crippen LogP contribution in [0.3, 0.4) is 0 Å². The molecule has 128 valence electrons. The minimum absolute atomic E-state index is 0.0324. The molecule has 1 saturated heterocycles. The molecule has 0 amide bonds. The van der Waals surface area contributed by atoms with Crippen LogP contribution in [-0.4, -0.2) is 55.7 Å². The van der Waals surface area contributed by atoms with Crippen LogP contribution in [0.4, 0.5) is 8.78 Å². The Kier molecular flexibility index (Phi) is 6.76. The fraction of sp³-hybridized carbons (Fsp3) is 0.533. The van der Waals surface area contributed by atoms with Gasteiger partial charge in [0.25, 0.3) is 0 Å². The largest absolute Gasteiger partial charge is 0.493 e. The maximum atomic E-state index is 12.4. The number of alkyl halides is 2. The van der Waals surface area contributed by atoms with E-state index in [1.54, 1.807) is 18.2 Å². The Balaban J connectivity index is 1.94. The average Bonchev–Trinajstić information content (AvgIpc) is 2.55. The predicted octanol–water partition coefficient (Wildman–Crippen LogP) is 2.20. The third-order valence-corrected chi connectivity index (χ3v) is 4.40. The summed E-state index contributed by atoms with van der Waals surface area (Å²) in [6, 6.07) is 4.97. The van der Waals surface area contributed by atoms with Gasteiger partial charge in [-0.15, -0.1) is 0 Å². The molecule has 0 atom stereocenters. The van der Waals surface area contributed by atoms with Crippen molar-refractivity contribution in [2.45, 2.75) is 13.0 Å². The molecule has 0 bridgehead atoms. The normalized spacial score (nSPS) is 15.8. The standard InChI is InChI=1S/C15H21F2N3O2S/c1-21-12-3-2-11(10-13(12)22-14(16)17)4-5-19-15(18)20-6-8-23-9-7-20/h2-3,10,14H,4-9H2,1H3,(H2,18,19). The number of rotatable bonds is 6. The molecule has 1 aromatic carbocycles. The Bertz CT molecular complexity index is 537. The van der Waals surface area contributed by atoms with E-state index in [0.717, 1.165) is 30.2 Å². The summed E-state index contributed by atoms with van der Waals surface area (Å²) in [5, 5.41) is 0. The summed E-state index contributed by atoms with van der Waals surface area (Å²) in [6.45, 7) is -0.565. The number of halogens is 2. The fourth-order valence-electron chi connectivity index (χ4n) is 2.26. The minimum atomic E-state index is -2.88. The molecule has 0 radical (unpaired) electrons. The van der Waals surface area contributed by atoms with E-state index in [-0.39, 0.29) is 11.5 Å². The van der Waals surface area contributed by atoms with Crippen LogP contribution in [0.1, 0.15) is 5.56 Å². The van der Waals surface area contributed by atoms with E-state index in [4.69, 9.17) is 10.5 Å². The van der Waals surface area contributed by atoms with Crippen molar-refractivity contribution in [3.8, 4) is 11.5 Å². The van der Waals surface area contributed by atoms with Gasteiger partial charge < -0.3 is 20.1 Å². The van der Waals surface area contributed by atoms with Crippen molar-refractivity contribution in [3.63, 3.8) is 0 Å². The summed E-state index contributed by atoms with van der Waals surface area (Å²) in [4.78, 5) is 6.43. The van der Waals surface area contributed by atoms with Crippen molar-refractivity contribution in [1.29, 1.82) is 0 Å². The first-order chi connectivity index (χ1) is 11.1. The molecular weight excluding hydrogens is 324 g/mol. The van der Waals surface area contributed by atoms with Crippen molar-refractivity contribution in [2.24, 2.45) is 10.7 Å². The zero-order chi connectivity index (χ0) is 16.7. The second kappa shape index (κ2) is 8.81. The number of nitrogens with two attached hydrogens (primary N) is 1. The highest BCUT2D eigenvalue weighted by molar-refractivity contribution is 7.99. The van der Waals surface area contributed by atoms with Gasteiger partial charge in [0, 0.05) is 31.1 Å². The first-order valence-corrected chi connectivity index (χ1v) is 8.50. The quantitative estimate of drug-likeness (QED) is 0.633. The molecular formula is C15H21F2N3O2S. The van der Waals surface area contributed by atoms with E-state index in [1.807, 2.05) is 11.8 Å². The van der Waals surface area contributed by atoms with Crippen LogP contribution in [0.5, 0.6) is 11.5 Å². The summed E-state index contributed by atoms with van der Waals surface area (Å²) in [5.41, 5.74) is 6.82. The number of hydrogen-bond acceptors (Lipinski definition) is 4. The number of hydrogen-bond donors (Lipinski definition) is 1. The van der Waals surface area contributed by atoms with Crippen molar-refractivity contribution >= 4 is 17.7 Å². The Morgan fingerprint density at radius 1 is 1.35 bits per heavy atom. The molecule has 1 heterocycles. The third kappa shape index (κ3) is 5.46. The Morgan fingerprint density at radius 2 is 2.09 bits per heavy atom. The molecule has 1 fully saturated rings. The lowest BCUT2D eigenvalue weighted by Crippen LogP contribution is -2.42. The van der Waals surface area contributed by atoms with E-state index in [1.165, 1.54) is 7.11 Å². The maximum absolute atomic E-state index is 12.4. The maximum Gasteiger partial charge on any atom is 0.387 e. The topological polar surface area (TPSA) is 60.1 Å². The van der Waals surface area contributed by atoms with Crippen LogP contribution >= 0.6 is 11.8 Å². The average molecular weight is 345 g/mol. The van der Waals surface area contributed by atoms with E-state index in [9.17, 15) is 8.78 Å². The first-order valence-electron chi connectivity index (χ1n) is 7.34. The molecule has 5 nitrogen and oxygen atoms in total. The van der Waals surface area contributed by atoms with Crippen LogP contribution in [-0.2, 0) is 6.42 Å². The molecule has 0 aliphatic carbocycles. The molecule has 1 aliphatic heterocycles. The van der Waals surface area contributed by atoms with Crippen LogP contribution in [0.2, 0.25) is 0 Å². The number of guanidine groups is 1. The summed E-state index contributed by atoms with van der Waals surface area (Å²) in [5.74, 6) is 2.97. The number of nitrogens with zero attached hydrogens (tertiary/aromatic N) is 2. The molecule has 0 spiro atoms. The zero-order valence-electron chi connectivity index (χ0n) is 13.0. The van der Waals surface area contributed by atoms with Gasteiger partial charge in [-0.25, -0.2) is 0 Å². The van der Waals surface area contributed by atoms with Gasteiger partial charge in [0.05, 0.1) is 7.11 Å². The highest BCUT2D eigenvalue weighted by Gasteiger charge is 2.13. The van der Waals surface area contributed by atoms with E-state index in [0.29, 0.717) is 18.9 Å². The monoisotopic (exact) mass is 345 g/mol. The van der Waals surface area contributed by atoms with Gasteiger partial charge in [-0.05, 0) is 24.1 Å². The van der Waals surface area contributed by atoms with Gasteiger partial charge in [-0.3, -0.25) is 4.99 Å². The van der Waals surface area contributed by atoms with Crippen LogP contribution in [0.25, 0.3) is 0 Å². The van der Waals surface area contributed by atoms with E-state index in [2.05, 4.69) is 14.6 Å². The number of aliphatic imine (C=N–C) groups is 1. The zero-order valence-corrected chi connectivity index (χ0v) is 13.8. The molecule has 2 rings (SSSR count). The van der Waals surface area contributed by atoms with Crippen LogP contribution in [0.15, 0.2) is 23.2 Å². The second-order valence-electron chi connectivity index (χ2n) is 4.95. The van der Waals surface area contributed by atoms with Gasteiger partial charge in [-0.1, -0.05) is 6.07 Å². The SMILES string of the molecule is COc1ccc(CCN=C(N)N2CCSCC2)cc1OC(F)F. The molecule has 1 aliphatic rings. The van der Waals surface area contributed by atoms with Crippen molar-refractivity contribution < 1.29 is 18.3 Å². The van der Waals surface area contributed by atoms with Gasteiger partial charge in [0.2, 0.25) is 0 Å². The van der Waals surface area contributed by atoms with Gasteiger partial charge in [0.15, 0.2) is 17.5 Å². The van der Waals surface area contributed by atoms with Gasteiger partial charge in [-0.2, -0.15) is 20.5 Å². The van der Waals surface area contributed by atoms with Crippen molar-refractivity contribution in [1.82, 2.24) is 4.90 Å². The molecule has 2 N–H and O–H groups in total. The highest BCUT2D eigenvalue weighted by Crippen LogP contribution is 2.29. The Hall–Kier alpha value is -1.70. The Morgan fingerprint density at radius 3 is 2.74 bits per heavy atom. The summed E-state index contributed by atoms with van der Waals surface area (Å²) in [7, 11) is 1.41. The van der Waals surface area contributed by atoms with E-state index < -0.39 is 6.61 Å². The predicted molar refractivity (Wildman–Crippen MR) is 88.7 cm³/mol. The van der Waals surface area contributed by atoms with Crippen molar-refractivity contribution in [2.75, 3.05) is 38.2 Å². The number of methoxy groups -OCH3 is 1. The molecule has 0 unspecified atom stereocenters. The lowest BCUT2D eigenvalue weighted by atomic mass is 10.1. The third-order valence-electron chi connectivity index (χ3n) is 3.45. The van der Waals surface area contributed by atoms with Crippen LogP contribution < -0.4 is 15.2 Å². The summed E-state index contributed by atoms with van der Waals surface area (Å²) < 4.78 is 34.3. The van der Waals surface area contributed by atoms with Gasteiger partial charge in [0.1, 0.15) is 0 Å². The molecule has 1 aromatic rings. The smallest absolute Gasteiger partial charge is 0.387 e. The second-order valence-corrected chi connectivity index (χ2v) is 6.18. The summed E-state index contributed by atoms with van der Waals surface area (Å²) >= 11 is 1.91. The van der Waals surface area contributed by atoms with Gasteiger partial charge >= 0.3 is 6.61 Å².